The van der Waals surface area contributed by atoms with E-state index in [1.54, 1.807) is 6.07 Å². The molecule has 16 heavy (non-hydrogen) atoms. The maximum absolute atomic E-state index is 5.74. The first-order chi connectivity index (χ1) is 7.65. The second-order valence-electron chi connectivity index (χ2n) is 2.56. The summed E-state index contributed by atoms with van der Waals surface area (Å²) in [6.07, 6.45) is 0. The summed E-state index contributed by atoms with van der Waals surface area (Å²) in [4.78, 5) is 4.15. The van der Waals surface area contributed by atoms with Crippen molar-refractivity contribution < 1.29 is 0 Å². The summed E-state index contributed by atoms with van der Waals surface area (Å²) in [5.41, 5.74) is 2.68. The van der Waals surface area contributed by atoms with Crippen molar-refractivity contribution in [2.75, 3.05) is 12.4 Å². The first-order valence-electron chi connectivity index (χ1n) is 5.65. The van der Waals surface area contributed by atoms with Crippen molar-refractivity contribution in [2.24, 2.45) is 0 Å². The van der Waals surface area contributed by atoms with Gasteiger partial charge in [0.25, 0.3) is 0 Å². The zero-order chi connectivity index (χ0) is 13.1. The number of pyridine rings is 1. The van der Waals surface area contributed by atoms with E-state index >= 15 is 0 Å². The standard InChI is InChI=1S/C9H11ClN2.2C2H6/c1-6(2)9-7(11-3)4-5-8(10)12-9;2*1-2/h4-5,11H,1H2,2-3H3;2*1-2H3. The molecule has 0 aliphatic heterocycles. The SMILES string of the molecule is C=C(C)c1nc(Cl)ccc1NC.CC.CC. The zero-order valence-electron chi connectivity index (χ0n) is 11.2. The summed E-state index contributed by atoms with van der Waals surface area (Å²) in [6.45, 7) is 13.7. The molecule has 1 aromatic heterocycles. The summed E-state index contributed by atoms with van der Waals surface area (Å²) < 4.78 is 0. The van der Waals surface area contributed by atoms with Gasteiger partial charge in [-0.15, -0.1) is 0 Å². The zero-order valence-corrected chi connectivity index (χ0v) is 11.9. The number of anilines is 1. The Morgan fingerprint density at radius 1 is 1.25 bits per heavy atom. The van der Waals surface area contributed by atoms with Crippen LogP contribution in [0, 0.1) is 0 Å². The monoisotopic (exact) mass is 242 g/mol. The van der Waals surface area contributed by atoms with Gasteiger partial charge in [0, 0.05) is 7.05 Å². The van der Waals surface area contributed by atoms with Crippen LogP contribution >= 0.6 is 11.6 Å². The molecule has 3 heteroatoms. The highest BCUT2D eigenvalue weighted by atomic mass is 35.5. The van der Waals surface area contributed by atoms with Gasteiger partial charge in [0.2, 0.25) is 0 Å². The number of nitrogens with zero attached hydrogens (tertiary/aromatic N) is 1. The van der Waals surface area contributed by atoms with Crippen molar-refractivity contribution >= 4 is 22.9 Å². The van der Waals surface area contributed by atoms with Gasteiger partial charge in [-0.3, -0.25) is 0 Å². The van der Waals surface area contributed by atoms with Gasteiger partial charge in [-0.05, 0) is 24.6 Å². The van der Waals surface area contributed by atoms with Crippen molar-refractivity contribution in [1.82, 2.24) is 4.98 Å². The molecule has 2 nitrogen and oxygen atoms in total. The van der Waals surface area contributed by atoms with E-state index in [9.17, 15) is 0 Å². The molecule has 0 radical (unpaired) electrons. The topological polar surface area (TPSA) is 24.9 Å². The van der Waals surface area contributed by atoms with Crippen LogP contribution in [0.4, 0.5) is 5.69 Å². The highest BCUT2D eigenvalue weighted by Gasteiger charge is 2.03. The van der Waals surface area contributed by atoms with Gasteiger partial charge < -0.3 is 5.32 Å². The van der Waals surface area contributed by atoms with Crippen LogP contribution in [0.25, 0.3) is 5.57 Å². The fourth-order valence-corrected chi connectivity index (χ4v) is 1.11. The van der Waals surface area contributed by atoms with Crippen LogP contribution < -0.4 is 5.32 Å². The molecule has 0 bridgehead atoms. The Labute approximate surface area is 105 Å². The van der Waals surface area contributed by atoms with Crippen LogP contribution in [-0.4, -0.2) is 12.0 Å². The summed E-state index contributed by atoms with van der Waals surface area (Å²) in [5, 5.41) is 3.51. The number of halogens is 1. The molecule has 1 heterocycles. The predicted molar refractivity (Wildman–Crippen MR) is 76.2 cm³/mol. The molecule has 0 aliphatic rings. The molecule has 0 aromatic carbocycles. The molecule has 0 unspecified atom stereocenters. The van der Waals surface area contributed by atoms with E-state index in [0.29, 0.717) is 5.15 Å². The molecule has 0 atom stereocenters. The molecular weight excluding hydrogens is 220 g/mol. The van der Waals surface area contributed by atoms with Crippen LogP contribution in [0.3, 0.4) is 0 Å². The lowest BCUT2D eigenvalue weighted by atomic mass is 10.2. The molecule has 0 saturated carbocycles. The Kier molecular flexibility index (Phi) is 11.4. The van der Waals surface area contributed by atoms with Crippen molar-refractivity contribution in [1.29, 1.82) is 0 Å². The fourth-order valence-electron chi connectivity index (χ4n) is 0.962. The number of allylic oxidation sites excluding steroid dienone is 1. The molecule has 92 valence electrons. The fraction of sp³-hybridized carbons (Fsp3) is 0.462. The molecular formula is C13H23ClN2. The first-order valence-corrected chi connectivity index (χ1v) is 6.03. The Morgan fingerprint density at radius 2 is 1.75 bits per heavy atom. The van der Waals surface area contributed by atoms with Crippen molar-refractivity contribution in [3.8, 4) is 0 Å². The van der Waals surface area contributed by atoms with E-state index < -0.39 is 0 Å². The molecule has 0 aliphatic carbocycles. The largest absolute Gasteiger partial charge is 0.386 e. The number of rotatable bonds is 2. The Bertz CT molecular complexity index is 309. The van der Waals surface area contributed by atoms with E-state index in [1.807, 2.05) is 47.7 Å². The number of aromatic nitrogens is 1. The number of hydrogen-bond donors (Lipinski definition) is 1. The molecule has 0 fully saturated rings. The molecule has 0 spiro atoms. The Hall–Kier alpha value is -1.02. The van der Waals surface area contributed by atoms with Gasteiger partial charge in [-0.1, -0.05) is 45.9 Å². The molecule has 0 saturated heterocycles. The number of hydrogen-bond acceptors (Lipinski definition) is 2. The van der Waals surface area contributed by atoms with Crippen molar-refractivity contribution in [3.05, 3.63) is 29.6 Å². The maximum atomic E-state index is 5.74. The van der Waals surface area contributed by atoms with Gasteiger partial charge in [-0.25, -0.2) is 4.98 Å². The van der Waals surface area contributed by atoms with E-state index in [-0.39, 0.29) is 0 Å². The lowest BCUT2D eigenvalue weighted by Crippen LogP contribution is -1.96. The van der Waals surface area contributed by atoms with Crippen molar-refractivity contribution in [3.63, 3.8) is 0 Å². The predicted octanol–water partition coefficient (Wildman–Crippen LogP) is 4.86. The lowest BCUT2D eigenvalue weighted by molar-refractivity contribution is 1.26. The third-order valence-electron chi connectivity index (χ3n) is 1.53. The van der Waals surface area contributed by atoms with Crippen LogP contribution in [0.5, 0.6) is 0 Å². The van der Waals surface area contributed by atoms with Crippen LogP contribution in [0.2, 0.25) is 5.15 Å². The van der Waals surface area contributed by atoms with Gasteiger partial charge in [0.05, 0.1) is 11.4 Å². The minimum Gasteiger partial charge on any atom is -0.386 e. The summed E-state index contributed by atoms with van der Waals surface area (Å²) in [6, 6.07) is 3.64. The minimum absolute atomic E-state index is 0.493. The van der Waals surface area contributed by atoms with E-state index in [0.717, 1.165) is 17.0 Å². The Morgan fingerprint density at radius 3 is 2.12 bits per heavy atom. The summed E-state index contributed by atoms with van der Waals surface area (Å²) >= 11 is 5.74. The highest BCUT2D eigenvalue weighted by Crippen LogP contribution is 2.21. The summed E-state index contributed by atoms with van der Waals surface area (Å²) in [7, 11) is 1.84. The van der Waals surface area contributed by atoms with Crippen LogP contribution in [-0.2, 0) is 0 Å². The maximum Gasteiger partial charge on any atom is 0.129 e. The molecule has 1 N–H and O–H groups in total. The van der Waals surface area contributed by atoms with Gasteiger partial charge >= 0.3 is 0 Å². The normalized spacial score (nSPS) is 7.94. The average Bonchev–Trinajstić information content (AvgIpc) is 2.34. The van der Waals surface area contributed by atoms with Gasteiger partial charge in [0.1, 0.15) is 5.15 Å². The first kappa shape index (κ1) is 17.4. The average molecular weight is 243 g/mol. The second-order valence-corrected chi connectivity index (χ2v) is 2.95. The van der Waals surface area contributed by atoms with E-state index in [4.69, 9.17) is 11.6 Å². The molecule has 1 aromatic rings. The minimum atomic E-state index is 0.493. The Balaban J connectivity index is 0. The third-order valence-corrected chi connectivity index (χ3v) is 1.75. The quantitative estimate of drug-likeness (QED) is 0.749. The smallest absolute Gasteiger partial charge is 0.129 e. The van der Waals surface area contributed by atoms with Crippen LogP contribution in [0.1, 0.15) is 40.3 Å². The van der Waals surface area contributed by atoms with Crippen LogP contribution in [0.15, 0.2) is 18.7 Å². The second kappa shape index (κ2) is 10.5. The molecule has 1 rings (SSSR count). The number of nitrogens with one attached hydrogen (secondary N) is 1. The van der Waals surface area contributed by atoms with E-state index in [1.165, 1.54) is 0 Å². The van der Waals surface area contributed by atoms with E-state index in [2.05, 4.69) is 16.9 Å². The van der Waals surface area contributed by atoms with Gasteiger partial charge in [-0.2, -0.15) is 0 Å². The van der Waals surface area contributed by atoms with Crippen molar-refractivity contribution in [2.45, 2.75) is 34.6 Å². The molecule has 0 amide bonds. The lowest BCUT2D eigenvalue weighted by Gasteiger charge is -2.07. The summed E-state index contributed by atoms with van der Waals surface area (Å²) in [5.74, 6) is 0. The highest BCUT2D eigenvalue weighted by molar-refractivity contribution is 6.29. The van der Waals surface area contributed by atoms with Gasteiger partial charge in [0.15, 0.2) is 0 Å². The third kappa shape index (κ3) is 5.76.